The summed E-state index contributed by atoms with van der Waals surface area (Å²) in [7, 11) is 0. The van der Waals surface area contributed by atoms with E-state index in [1.54, 1.807) is 6.33 Å². The normalized spacial score (nSPS) is 16.9. The average Bonchev–Trinajstić information content (AvgIpc) is 2.41. The summed E-state index contributed by atoms with van der Waals surface area (Å²) in [5.41, 5.74) is 5.62. The molecule has 2 rings (SSSR count). The molecule has 5 nitrogen and oxygen atoms in total. The first kappa shape index (κ1) is 13.1. The molecule has 1 aromatic rings. The smallest absolute Gasteiger partial charge is 0.134 e. The van der Waals surface area contributed by atoms with E-state index in [2.05, 4.69) is 27.1 Å². The Hall–Kier alpha value is -1.36. The van der Waals surface area contributed by atoms with Crippen LogP contribution in [0.5, 0.6) is 0 Å². The molecule has 0 amide bonds. The molecule has 1 saturated heterocycles. The van der Waals surface area contributed by atoms with Gasteiger partial charge in [0.25, 0.3) is 0 Å². The monoisotopic (exact) mass is 249 g/mol. The van der Waals surface area contributed by atoms with Crippen molar-refractivity contribution in [2.75, 3.05) is 36.4 Å². The number of anilines is 2. The van der Waals surface area contributed by atoms with Crippen molar-refractivity contribution in [2.45, 2.75) is 26.2 Å². The van der Waals surface area contributed by atoms with Crippen LogP contribution < -0.4 is 16.0 Å². The molecule has 2 heterocycles. The predicted octanol–water partition coefficient (Wildman–Crippen LogP) is 1.47. The zero-order chi connectivity index (χ0) is 12.8. The maximum atomic E-state index is 5.62. The van der Waals surface area contributed by atoms with Gasteiger partial charge in [0.2, 0.25) is 0 Å². The summed E-state index contributed by atoms with van der Waals surface area (Å²) < 4.78 is 0. The van der Waals surface area contributed by atoms with Crippen LogP contribution in [0.2, 0.25) is 0 Å². The standard InChI is InChI=1S/C13H23N5/c1-2-15-12-9-13(17-10-16-12)18-7-4-11(3-6-14)5-8-18/h9-11H,2-8,14H2,1H3,(H,15,16,17). The number of nitrogens with zero attached hydrogens (tertiary/aromatic N) is 3. The minimum absolute atomic E-state index is 0.793. The Balaban J connectivity index is 1.94. The summed E-state index contributed by atoms with van der Waals surface area (Å²) in [5, 5.41) is 3.22. The van der Waals surface area contributed by atoms with Gasteiger partial charge in [0.05, 0.1) is 0 Å². The van der Waals surface area contributed by atoms with Crippen molar-refractivity contribution in [3.63, 3.8) is 0 Å². The van der Waals surface area contributed by atoms with Gasteiger partial charge in [0.1, 0.15) is 18.0 Å². The zero-order valence-electron chi connectivity index (χ0n) is 11.1. The van der Waals surface area contributed by atoms with Crippen LogP contribution in [0.1, 0.15) is 26.2 Å². The lowest BCUT2D eigenvalue weighted by Crippen LogP contribution is -2.34. The predicted molar refractivity (Wildman–Crippen MR) is 74.8 cm³/mol. The molecule has 5 heteroatoms. The van der Waals surface area contributed by atoms with Crippen molar-refractivity contribution in [3.8, 4) is 0 Å². The maximum Gasteiger partial charge on any atom is 0.134 e. The highest BCUT2D eigenvalue weighted by molar-refractivity contribution is 5.48. The highest BCUT2D eigenvalue weighted by atomic mass is 15.2. The van der Waals surface area contributed by atoms with E-state index in [1.807, 2.05) is 6.07 Å². The van der Waals surface area contributed by atoms with Gasteiger partial charge in [-0.15, -0.1) is 0 Å². The molecule has 0 aliphatic carbocycles. The number of nitrogens with two attached hydrogens (primary N) is 1. The maximum absolute atomic E-state index is 5.62. The molecule has 0 aromatic carbocycles. The molecule has 1 aromatic heterocycles. The molecule has 0 spiro atoms. The molecular weight excluding hydrogens is 226 g/mol. The molecule has 3 N–H and O–H groups in total. The fourth-order valence-corrected chi connectivity index (χ4v) is 2.48. The first-order valence-corrected chi connectivity index (χ1v) is 6.84. The summed E-state index contributed by atoms with van der Waals surface area (Å²) in [6, 6.07) is 2.03. The van der Waals surface area contributed by atoms with Gasteiger partial charge in [-0.1, -0.05) is 0 Å². The molecule has 100 valence electrons. The van der Waals surface area contributed by atoms with Crippen LogP contribution >= 0.6 is 0 Å². The van der Waals surface area contributed by atoms with Crippen molar-refractivity contribution < 1.29 is 0 Å². The Bertz CT molecular complexity index is 360. The molecule has 18 heavy (non-hydrogen) atoms. The quantitative estimate of drug-likeness (QED) is 0.827. The van der Waals surface area contributed by atoms with Gasteiger partial charge < -0.3 is 16.0 Å². The molecule has 0 radical (unpaired) electrons. The average molecular weight is 249 g/mol. The van der Waals surface area contributed by atoms with E-state index < -0.39 is 0 Å². The van der Waals surface area contributed by atoms with Crippen LogP contribution in [-0.4, -0.2) is 36.1 Å². The van der Waals surface area contributed by atoms with Crippen LogP contribution in [0.3, 0.4) is 0 Å². The fraction of sp³-hybridized carbons (Fsp3) is 0.692. The largest absolute Gasteiger partial charge is 0.370 e. The minimum Gasteiger partial charge on any atom is -0.370 e. The number of rotatable bonds is 5. The van der Waals surface area contributed by atoms with Crippen molar-refractivity contribution in [1.29, 1.82) is 0 Å². The number of nitrogens with one attached hydrogen (secondary N) is 1. The second-order valence-corrected chi connectivity index (χ2v) is 4.80. The van der Waals surface area contributed by atoms with Crippen molar-refractivity contribution in [1.82, 2.24) is 9.97 Å². The topological polar surface area (TPSA) is 67.1 Å². The highest BCUT2D eigenvalue weighted by Crippen LogP contribution is 2.24. The lowest BCUT2D eigenvalue weighted by atomic mass is 9.94. The van der Waals surface area contributed by atoms with E-state index in [1.165, 1.54) is 12.8 Å². The van der Waals surface area contributed by atoms with Crippen LogP contribution in [0.25, 0.3) is 0 Å². The molecule has 0 saturated carbocycles. The second-order valence-electron chi connectivity index (χ2n) is 4.80. The first-order valence-electron chi connectivity index (χ1n) is 6.84. The summed E-state index contributed by atoms with van der Waals surface area (Å²) in [6.45, 7) is 5.92. The lowest BCUT2D eigenvalue weighted by molar-refractivity contribution is 0.385. The van der Waals surface area contributed by atoms with E-state index in [0.29, 0.717) is 0 Å². The third-order valence-electron chi connectivity index (χ3n) is 3.52. The SMILES string of the molecule is CCNc1cc(N2CCC(CCN)CC2)ncn1. The Kier molecular flexibility index (Phi) is 4.75. The summed E-state index contributed by atoms with van der Waals surface area (Å²) >= 11 is 0. The number of hydrogen-bond donors (Lipinski definition) is 2. The molecular formula is C13H23N5. The Labute approximate surface area is 109 Å². The van der Waals surface area contributed by atoms with E-state index in [9.17, 15) is 0 Å². The van der Waals surface area contributed by atoms with Gasteiger partial charge in [-0.05, 0) is 38.6 Å². The summed E-state index contributed by atoms with van der Waals surface area (Å²) in [4.78, 5) is 10.9. The Morgan fingerprint density at radius 3 is 2.83 bits per heavy atom. The molecule has 1 aliphatic heterocycles. The fourth-order valence-electron chi connectivity index (χ4n) is 2.48. The first-order chi connectivity index (χ1) is 8.83. The molecule has 0 unspecified atom stereocenters. The van der Waals surface area contributed by atoms with Crippen LogP contribution in [0.15, 0.2) is 12.4 Å². The zero-order valence-corrected chi connectivity index (χ0v) is 11.1. The van der Waals surface area contributed by atoms with Gasteiger partial charge in [-0.2, -0.15) is 0 Å². The molecule has 0 bridgehead atoms. The van der Waals surface area contributed by atoms with Crippen LogP contribution in [0, 0.1) is 5.92 Å². The Morgan fingerprint density at radius 2 is 2.17 bits per heavy atom. The van der Waals surface area contributed by atoms with E-state index in [0.717, 1.165) is 50.2 Å². The molecule has 1 aliphatic rings. The van der Waals surface area contributed by atoms with Crippen LogP contribution in [0.4, 0.5) is 11.6 Å². The minimum atomic E-state index is 0.793. The van der Waals surface area contributed by atoms with Gasteiger partial charge >= 0.3 is 0 Å². The summed E-state index contributed by atoms with van der Waals surface area (Å²) in [6.07, 6.45) is 5.23. The van der Waals surface area contributed by atoms with Gasteiger partial charge in [0, 0.05) is 25.7 Å². The molecule has 1 fully saturated rings. The number of hydrogen-bond acceptors (Lipinski definition) is 5. The van der Waals surface area contributed by atoms with Gasteiger partial charge in [0.15, 0.2) is 0 Å². The van der Waals surface area contributed by atoms with Gasteiger partial charge in [-0.3, -0.25) is 0 Å². The summed E-state index contributed by atoms with van der Waals surface area (Å²) in [5.74, 6) is 2.74. The van der Waals surface area contributed by atoms with E-state index in [4.69, 9.17) is 5.73 Å². The lowest BCUT2D eigenvalue weighted by Gasteiger charge is -2.32. The van der Waals surface area contributed by atoms with Crippen molar-refractivity contribution in [2.24, 2.45) is 11.7 Å². The third-order valence-corrected chi connectivity index (χ3v) is 3.52. The highest BCUT2D eigenvalue weighted by Gasteiger charge is 2.19. The number of piperidine rings is 1. The van der Waals surface area contributed by atoms with E-state index >= 15 is 0 Å². The van der Waals surface area contributed by atoms with Crippen LogP contribution in [-0.2, 0) is 0 Å². The van der Waals surface area contributed by atoms with Crippen molar-refractivity contribution in [3.05, 3.63) is 12.4 Å². The van der Waals surface area contributed by atoms with Gasteiger partial charge in [-0.25, -0.2) is 9.97 Å². The van der Waals surface area contributed by atoms with Crippen molar-refractivity contribution >= 4 is 11.6 Å². The molecule has 0 atom stereocenters. The Morgan fingerprint density at radius 1 is 1.39 bits per heavy atom. The number of aromatic nitrogens is 2. The second kappa shape index (κ2) is 6.54. The third kappa shape index (κ3) is 3.32. The van der Waals surface area contributed by atoms with E-state index in [-0.39, 0.29) is 0 Å².